The molecule has 2 aromatic carbocycles. The van der Waals surface area contributed by atoms with Gasteiger partial charge >= 0.3 is 6.03 Å². The maximum Gasteiger partial charge on any atom is 0.321 e. The van der Waals surface area contributed by atoms with Gasteiger partial charge in [0.1, 0.15) is 6.61 Å². The summed E-state index contributed by atoms with van der Waals surface area (Å²) in [6, 6.07) is 9.86. The number of hydrogen-bond donors (Lipinski definition) is 1. The molecule has 0 aliphatic rings. The zero-order chi connectivity index (χ0) is 17.7. The Labute approximate surface area is 149 Å². The largest absolute Gasteiger partial charge is 0.489 e. The Morgan fingerprint density at radius 2 is 1.88 bits per heavy atom. The molecule has 0 atom stereocenters. The molecule has 0 fully saturated rings. The van der Waals surface area contributed by atoms with Gasteiger partial charge in [-0.1, -0.05) is 28.1 Å². The summed E-state index contributed by atoms with van der Waals surface area (Å²) in [6.45, 7) is 4.43. The number of benzene rings is 2. The summed E-state index contributed by atoms with van der Waals surface area (Å²) < 4.78 is 19.8. The molecule has 1 N–H and O–H groups in total. The number of urea groups is 1. The number of nitrogens with zero attached hydrogens (tertiary/aromatic N) is 1. The number of halogens is 2. The van der Waals surface area contributed by atoms with Gasteiger partial charge in [0.05, 0.1) is 6.54 Å². The van der Waals surface area contributed by atoms with Crippen LogP contribution in [0.15, 0.2) is 40.9 Å². The predicted molar refractivity (Wildman–Crippen MR) is 97.2 cm³/mol. The van der Waals surface area contributed by atoms with Crippen LogP contribution in [0.2, 0.25) is 0 Å². The summed E-state index contributed by atoms with van der Waals surface area (Å²) in [6.07, 6.45) is 0. The molecule has 2 amide bonds. The molecule has 2 aromatic rings. The van der Waals surface area contributed by atoms with Gasteiger partial charge < -0.3 is 15.0 Å². The Balaban J connectivity index is 1.90. The molecule has 0 aromatic heterocycles. The summed E-state index contributed by atoms with van der Waals surface area (Å²) in [5.74, 6) is -0.225. The van der Waals surface area contributed by atoms with Gasteiger partial charge in [0.25, 0.3) is 0 Å². The molecule has 0 spiro atoms. The minimum atomic E-state index is -0.411. The monoisotopic (exact) mass is 394 g/mol. The molecule has 0 bridgehead atoms. The maximum absolute atomic E-state index is 13.5. The molecule has 0 radical (unpaired) electrons. The molecular weight excluding hydrogens is 375 g/mol. The molecule has 2 rings (SSSR count). The first-order valence-corrected chi connectivity index (χ1v) is 8.34. The van der Waals surface area contributed by atoms with E-state index in [1.165, 1.54) is 11.0 Å². The van der Waals surface area contributed by atoms with Crippen LogP contribution < -0.4 is 10.1 Å². The second-order valence-corrected chi connectivity index (χ2v) is 6.46. The van der Waals surface area contributed by atoms with Gasteiger partial charge in [-0.2, -0.15) is 0 Å². The first kappa shape index (κ1) is 18.3. The summed E-state index contributed by atoms with van der Waals surface area (Å²) in [5.41, 5.74) is 2.75. The fraction of sp³-hybridized carbons (Fsp3) is 0.278. The smallest absolute Gasteiger partial charge is 0.321 e. The third-order valence-corrected chi connectivity index (χ3v) is 4.05. The standard InChI is InChI=1S/C18H20BrFN2O2/c1-12-10-14(19)11-13(2)17(12)21-18(23)22(3)8-9-24-16-7-5-4-6-15(16)20/h4-7,10-11H,8-9H2,1-3H3,(H,21,23). The van der Waals surface area contributed by atoms with Crippen molar-refractivity contribution in [1.29, 1.82) is 0 Å². The first-order valence-electron chi connectivity index (χ1n) is 7.54. The summed E-state index contributed by atoms with van der Waals surface area (Å²) in [5, 5.41) is 2.90. The molecule has 0 aliphatic carbocycles. The number of hydrogen-bond acceptors (Lipinski definition) is 2. The molecule has 6 heteroatoms. The van der Waals surface area contributed by atoms with Gasteiger partial charge in [-0.05, 0) is 49.2 Å². The number of ether oxygens (including phenoxy) is 1. The highest BCUT2D eigenvalue weighted by atomic mass is 79.9. The molecule has 4 nitrogen and oxygen atoms in total. The lowest BCUT2D eigenvalue weighted by Crippen LogP contribution is -2.35. The van der Waals surface area contributed by atoms with E-state index < -0.39 is 5.82 Å². The molecule has 128 valence electrons. The summed E-state index contributed by atoms with van der Waals surface area (Å²) in [4.78, 5) is 13.8. The number of carbonyl (C=O) groups excluding carboxylic acids is 1. The number of anilines is 1. The normalized spacial score (nSPS) is 10.4. The van der Waals surface area contributed by atoms with Crippen LogP contribution >= 0.6 is 15.9 Å². The van der Waals surface area contributed by atoms with E-state index in [9.17, 15) is 9.18 Å². The zero-order valence-electron chi connectivity index (χ0n) is 13.9. The number of amides is 2. The van der Waals surface area contributed by atoms with Crippen LogP contribution in [-0.4, -0.2) is 31.1 Å². The van der Waals surface area contributed by atoms with Crippen LogP contribution in [0.1, 0.15) is 11.1 Å². The highest BCUT2D eigenvalue weighted by Gasteiger charge is 2.13. The second kappa shape index (κ2) is 8.15. The predicted octanol–water partition coefficient (Wildman–Crippen LogP) is 4.75. The van der Waals surface area contributed by atoms with Gasteiger partial charge in [-0.15, -0.1) is 0 Å². The Kier molecular flexibility index (Phi) is 6.20. The lowest BCUT2D eigenvalue weighted by molar-refractivity contribution is 0.206. The number of likely N-dealkylation sites (N-methyl/N-ethyl adjacent to an activating group) is 1. The van der Waals surface area contributed by atoms with E-state index in [0.717, 1.165) is 21.3 Å². The van der Waals surface area contributed by atoms with Crippen molar-refractivity contribution in [2.75, 3.05) is 25.5 Å². The quantitative estimate of drug-likeness (QED) is 0.794. The molecular formula is C18H20BrFN2O2. The lowest BCUT2D eigenvalue weighted by Gasteiger charge is -2.20. The molecule has 0 saturated heterocycles. The Bertz CT molecular complexity index is 714. The van der Waals surface area contributed by atoms with Crippen LogP contribution in [0.3, 0.4) is 0 Å². The number of para-hydroxylation sites is 1. The highest BCUT2D eigenvalue weighted by molar-refractivity contribution is 9.10. The lowest BCUT2D eigenvalue weighted by atomic mass is 10.1. The minimum Gasteiger partial charge on any atom is -0.489 e. The van der Waals surface area contributed by atoms with Gasteiger partial charge in [-0.25, -0.2) is 9.18 Å². The van der Waals surface area contributed by atoms with Crippen molar-refractivity contribution in [2.24, 2.45) is 0 Å². The molecule has 0 heterocycles. The molecule has 24 heavy (non-hydrogen) atoms. The zero-order valence-corrected chi connectivity index (χ0v) is 15.5. The highest BCUT2D eigenvalue weighted by Crippen LogP contribution is 2.25. The van der Waals surface area contributed by atoms with Crippen molar-refractivity contribution in [1.82, 2.24) is 4.90 Å². The molecule has 0 saturated carbocycles. The Morgan fingerprint density at radius 1 is 1.25 bits per heavy atom. The Hall–Kier alpha value is -2.08. The van der Waals surface area contributed by atoms with E-state index >= 15 is 0 Å². The van der Waals surface area contributed by atoms with Crippen molar-refractivity contribution >= 4 is 27.6 Å². The van der Waals surface area contributed by atoms with Crippen molar-refractivity contribution in [3.05, 3.63) is 57.8 Å². The average Bonchev–Trinajstić information content (AvgIpc) is 2.52. The van der Waals surface area contributed by atoms with Crippen molar-refractivity contribution in [2.45, 2.75) is 13.8 Å². The third kappa shape index (κ3) is 4.71. The van der Waals surface area contributed by atoms with Gasteiger partial charge in [0, 0.05) is 17.2 Å². The van der Waals surface area contributed by atoms with E-state index in [-0.39, 0.29) is 18.4 Å². The van der Waals surface area contributed by atoms with Crippen LogP contribution in [0.5, 0.6) is 5.75 Å². The van der Waals surface area contributed by atoms with Crippen LogP contribution in [0.25, 0.3) is 0 Å². The average molecular weight is 395 g/mol. The number of rotatable bonds is 5. The Morgan fingerprint density at radius 3 is 2.50 bits per heavy atom. The number of aryl methyl sites for hydroxylation is 2. The third-order valence-electron chi connectivity index (χ3n) is 3.60. The van der Waals surface area contributed by atoms with Crippen LogP contribution in [0.4, 0.5) is 14.9 Å². The minimum absolute atomic E-state index is 0.186. The van der Waals surface area contributed by atoms with E-state index in [4.69, 9.17) is 4.74 Å². The van der Waals surface area contributed by atoms with Crippen molar-refractivity contribution in [3.63, 3.8) is 0 Å². The molecule has 0 aliphatic heterocycles. The fourth-order valence-corrected chi connectivity index (χ4v) is 2.95. The van der Waals surface area contributed by atoms with Crippen molar-refractivity contribution in [3.8, 4) is 5.75 Å². The number of nitrogens with one attached hydrogen (secondary N) is 1. The first-order chi connectivity index (χ1) is 11.4. The number of carbonyl (C=O) groups is 1. The fourth-order valence-electron chi connectivity index (χ4n) is 2.27. The summed E-state index contributed by atoms with van der Waals surface area (Å²) >= 11 is 3.43. The van der Waals surface area contributed by atoms with Crippen LogP contribution in [-0.2, 0) is 0 Å². The van der Waals surface area contributed by atoms with E-state index in [0.29, 0.717) is 6.54 Å². The van der Waals surface area contributed by atoms with Crippen LogP contribution in [0, 0.1) is 19.7 Å². The van der Waals surface area contributed by atoms with Gasteiger partial charge in [0.2, 0.25) is 0 Å². The van der Waals surface area contributed by atoms with Crippen molar-refractivity contribution < 1.29 is 13.9 Å². The second-order valence-electron chi connectivity index (χ2n) is 5.55. The van der Waals surface area contributed by atoms with Gasteiger partial charge in [-0.3, -0.25) is 0 Å². The summed E-state index contributed by atoms with van der Waals surface area (Å²) in [7, 11) is 1.67. The van der Waals surface area contributed by atoms with E-state index in [1.54, 1.807) is 25.2 Å². The maximum atomic E-state index is 13.5. The van der Waals surface area contributed by atoms with E-state index in [2.05, 4.69) is 21.2 Å². The SMILES string of the molecule is Cc1cc(Br)cc(C)c1NC(=O)N(C)CCOc1ccccc1F. The van der Waals surface area contributed by atoms with Gasteiger partial charge in [0.15, 0.2) is 11.6 Å². The molecule has 0 unspecified atom stereocenters. The topological polar surface area (TPSA) is 41.6 Å². The van der Waals surface area contributed by atoms with E-state index in [1.807, 2.05) is 26.0 Å².